The largest absolute Gasteiger partial charge is 0.309 e. The highest BCUT2D eigenvalue weighted by Crippen LogP contribution is 2.45. The summed E-state index contributed by atoms with van der Waals surface area (Å²) in [6.45, 7) is 2.15. The minimum absolute atomic E-state index is 1.14. The molecule has 0 unspecified atom stereocenters. The van der Waals surface area contributed by atoms with E-state index in [1.54, 1.807) is 0 Å². The van der Waals surface area contributed by atoms with Crippen molar-refractivity contribution in [2.45, 2.75) is 6.92 Å². The summed E-state index contributed by atoms with van der Waals surface area (Å²) in [6, 6.07) is 61.6. The minimum Gasteiger partial charge on any atom is -0.309 e. The Balaban J connectivity index is 1.50. The van der Waals surface area contributed by atoms with Gasteiger partial charge < -0.3 is 4.57 Å². The monoisotopic (exact) mass is 561 g/mol. The van der Waals surface area contributed by atoms with Crippen LogP contribution in [0.2, 0.25) is 0 Å². The molecule has 0 aliphatic rings. The maximum Gasteiger partial charge on any atom is 0.0535 e. The molecule has 0 aliphatic carbocycles. The maximum atomic E-state index is 2.42. The fourth-order valence-corrected chi connectivity index (χ4v) is 6.64. The van der Waals surface area contributed by atoms with Crippen molar-refractivity contribution < 1.29 is 0 Å². The van der Waals surface area contributed by atoms with Crippen LogP contribution in [0.3, 0.4) is 0 Å². The highest BCUT2D eigenvalue weighted by Gasteiger charge is 2.19. The molecule has 208 valence electrons. The van der Waals surface area contributed by atoms with Crippen LogP contribution in [0.15, 0.2) is 170 Å². The third-order valence-electron chi connectivity index (χ3n) is 8.69. The van der Waals surface area contributed by atoms with Gasteiger partial charge in [0.25, 0.3) is 0 Å². The first kappa shape index (κ1) is 26.0. The molecular formula is C43H31N. The van der Waals surface area contributed by atoms with Gasteiger partial charge in [-0.15, -0.1) is 0 Å². The molecular weight excluding hydrogens is 530 g/mol. The van der Waals surface area contributed by atoms with Crippen molar-refractivity contribution in [3.8, 4) is 50.5 Å². The molecule has 0 aliphatic heterocycles. The summed E-state index contributed by atoms with van der Waals surface area (Å²) in [5.41, 5.74) is 12.1. The summed E-state index contributed by atoms with van der Waals surface area (Å²) in [5.74, 6) is 0. The van der Waals surface area contributed by atoms with Gasteiger partial charge in [-0.2, -0.15) is 0 Å². The van der Waals surface area contributed by atoms with Crippen molar-refractivity contribution >= 4 is 21.5 Å². The predicted octanol–water partition coefficient (Wildman–Crippen LogP) is 11.8. The van der Waals surface area contributed by atoms with Gasteiger partial charge in [-0.25, -0.2) is 0 Å². The highest BCUT2D eigenvalue weighted by molar-refractivity contribution is 6.21. The summed E-state index contributed by atoms with van der Waals surface area (Å²) >= 11 is 0. The Morgan fingerprint density at radius 2 is 0.773 bits per heavy atom. The molecule has 0 atom stereocenters. The Labute approximate surface area is 258 Å². The van der Waals surface area contributed by atoms with Crippen LogP contribution < -0.4 is 0 Å². The molecule has 7 aromatic carbocycles. The van der Waals surface area contributed by atoms with E-state index in [1.807, 2.05) is 0 Å². The molecule has 1 heterocycles. The molecule has 0 amide bonds. The lowest BCUT2D eigenvalue weighted by Crippen LogP contribution is -2.00. The number of aromatic nitrogens is 1. The molecule has 0 spiro atoms. The van der Waals surface area contributed by atoms with E-state index in [-0.39, 0.29) is 0 Å². The Morgan fingerprint density at radius 3 is 1.32 bits per heavy atom. The Morgan fingerprint density at radius 1 is 0.341 bits per heavy atom. The standard InChI is InChI=1S/C43H31N/c1-30-21-23-34(24-22-30)43-37-20-12-11-19-36(37)42(33-17-9-4-10-18-33)38-26-25-35(29-39(38)43)44-40(31-13-5-2-6-14-31)27-28-41(44)32-15-7-3-8-16-32/h2-29H,1H3. The predicted molar refractivity (Wildman–Crippen MR) is 187 cm³/mol. The number of rotatable bonds is 5. The third-order valence-corrected chi connectivity index (χ3v) is 8.69. The number of hydrogen-bond donors (Lipinski definition) is 0. The van der Waals surface area contributed by atoms with E-state index in [0.717, 1.165) is 5.69 Å². The van der Waals surface area contributed by atoms with Gasteiger partial charge in [0.1, 0.15) is 0 Å². The second-order valence-electron chi connectivity index (χ2n) is 11.4. The normalized spacial score (nSPS) is 11.3. The van der Waals surface area contributed by atoms with Crippen LogP contribution in [-0.2, 0) is 0 Å². The van der Waals surface area contributed by atoms with E-state index in [9.17, 15) is 0 Å². The molecule has 1 aromatic heterocycles. The lowest BCUT2D eigenvalue weighted by atomic mass is 9.85. The average Bonchev–Trinajstić information content (AvgIpc) is 3.54. The first-order chi connectivity index (χ1) is 21.8. The van der Waals surface area contributed by atoms with E-state index >= 15 is 0 Å². The first-order valence-corrected chi connectivity index (χ1v) is 15.2. The summed E-state index contributed by atoms with van der Waals surface area (Å²) in [7, 11) is 0. The number of hydrogen-bond acceptors (Lipinski definition) is 0. The smallest absolute Gasteiger partial charge is 0.0535 e. The summed E-state index contributed by atoms with van der Waals surface area (Å²) in [6.07, 6.45) is 0. The van der Waals surface area contributed by atoms with Crippen LogP contribution in [0.25, 0.3) is 72.0 Å². The number of nitrogens with zero attached hydrogens (tertiary/aromatic N) is 1. The van der Waals surface area contributed by atoms with Gasteiger partial charge in [0, 0.05) is 5.69 Å². The molecule has 1 nitrogen and oxygen atoms in total. The van der Waals surface area contributed by atoms with Crippen molar-refractivity contribution in [3.05, 3.63) is 175 Å². The lowest BCUT2D eigenvalue weighted by molar-refractivity contribution is 1.10. The average molecular weight is 562 g/mol. The Kier molecular flexibility index (Phi) is 6.43. The molecule has 0 saturated heterocycles. The van der Waals surface area contributed by atoms with Crippen molar-refractivity contribution in [1.29, 1.82) is 0 Å². The van der Waals surface area contributed by atoms with Crippen LogP contribution in [0.1, 0.15) is 5.56 Å². The molecule has 44 heavy (non-hydrogen) atoms. The van der Waals surface area contributed by atoms with Crippen LogP contribution in [0.5, 0.6) is 0 Å². The van der Waals surface area contributed by atoms with Gasteiger partial charge in [0.05, 0.1) is 11.4 Å². The van der Waals surface area contributed by atoms with Crippen molar-refractivity contribution in [2.24, 2.45) is 0 Å². The molecule has 8 aromatic rings. The second kappa shape index (κ2) is 10.9. The van der Waals surface area contributed by atoms with E-state index in [0.29, 0.717) is 0 Å². The topological polar surface area (TPSA) is 4.93 Å². The third kappa shape index (κ3) is 4.42. The molecule has 0 bridgehead atoms. The van der Waals surface area contributed by atoms with Crippen molar-refractivity contribution in [1.82, 2.24) is 4.57 Å². The molecule has 0 fully saturated rings. The zero-order chi connectivity index (χ0) is 29.5. The van der Waals surface area contributed by atoms with Gasteiger partial charge >= 0.3 is 0 Å². The number of benzene rings is 7. The van der Waals surface area contributed by atoms with E-state index in [1.165, 1.54) is 71.9 Å². The van der Waals surface area contributed by atoms with Gasteiger partial charge in [-0.05, 0) is 86.1 Å². The van der Waals surface area contributed by atoms with Gasteiger partial charge in [0.2, 0.25) is 0 Å². The SMILES string of the molecule is Cc1ccc(-c2c3ccccc3c(-c3ccccc3)c3ccc(-n4c(-c5ccccc5)ccc4-c4ccccc4)cc23)cc1. The van der Waals surface area contributed by atoms with Crippen molar-refractivity contribution in [3.63, 3.8) is 0 Å². The lowest BCUT2D eigenvalue weighted by Gasteiger charge is -2.20. The van der Waals surface area contributed by atoms with Gasteiger partial charge in [-0.3, -0.25) is 0 Å². The quantitative estimate of drug-likeness (QED) is 0.184. The summed E-state index contributed by atoms with van der Waals surface area (Å²) in [5, 5.41) is 5.03. The number of aryl methyl sites for hydroxylation is 1. The molecule has 0 N–H and O–H groups in total. The zero-order valence-electron chi connectivity index (χ0n) is 24.6. The minimum atomic E-state index is 1.14. The van der Waals surface area contributed by atoms with Crippen LogP contribution in [0, 0.1) is 6.92 Å². The molecule has 0 saturated carbocycles. The second-order valence-corrected chi connectivity index (χ2v) is 11.4. The van der Waals surface area contributed by atoms with E-state index < -0.39 is 0 Å². The fourth-order valence-electron chi connectivity index (χ4n) is 6.64. The van der Waals surface area contributed by atoms with Crippen LogP contribution in [-0.4, -0.2) is 4.57 Å². The fraction of sp³-hybridized carbons (Fsp3) is 0.0233. The number of fused-ring (bicyclic) bond motifs is 2. The maximum absolute atomic E-state index is 2.42. The highest BCUT2D eigenvalue weighted by atomic mass is 15.0. The Bertz CT molecular complexity index is 2180. The molecule has 1 heteroatoms. The molecule has 8 rings (SSSR count). The zero-order valence-corrected chi connectivity index (χ0v) is 24.6. The first-order valence-electron chi connectivity index (χ1n) is 15.2. The Hall–Kier alpha value is -5.66. The molecule has 0 radical (unpaired) electrons. The summed E-state index contributed by atoms with van der Waals surface area (Å²) in [4.78, 5) is 0. The van der Waals surface area contributed by atoms with Gasteiger partial charge in [0.15, 0.2) is 0 Å². The van der Waals surface area contributed by atoms with Crippen LogP contribution in [0.4, 0.5) is 0 Å². The summed E-state index contributed by atoms with van der Waals surface area (Å²) < 4.78 is 2.42. The van der Waals surface area contributed by atoms with E-state index in [2.05, 4.69) is 181 Å². The van der Waals surface area contributed by atoms with E-state index in [4.69, 9.17) is 0 Å². The van der Waals surface area contributed by atoms with Crippen molar-refractivity contribution in [2.75, 3.05) is 0 Å². The van der Waals surface area contributed by atoms with Crippen LogP contribution >= 0.6 is 0 Å². The van der Waals surface area contributed by atoms with Gasteiger partial charge in [-0.1, -0.05) is 151 Å².